The molecule has 1 nitrogen and oxygen atoms in total. The summed E-state index contributed by atoms with van der Waals surface area (Å²) in [5, 5.41) is 3.52. The second-order valence-corrected chi connectivity index (χ2v) is 6.83. The molecule has 3 saturated carbocycles. The molecule has 1 aromatic carbocycles. The fraction of sp³-hybridized carbons (Fsp3) is 0.647. The van der Waals surface area contributed by atoms with E-state index in [0.29, 0.717) is 6.04 Å². The van der Waals surface area contributed by atoms with E-state index >= 15 is 0 Å². The lowest BCUT2D eigenvalue weighted by atomic mass is 9.91. The Morgan fingerprint density at radius 1 is 1.21 bits per heavy atom. The maximum Gasteiger partial charge on any atom is 0.123 e. The van der Waals surface area contributed by atoms with Crippen molar-refractivity contribution in [3.8, 4) is 0 Å². The van der Waals surface area contributed by atoms with Crippen LogP contribution in [0.25, 0.3) is 0 Å². The molecule has 0 saturated heterocycles. The van der Waals surface area contributed by atoms with E-state index in [2.05, 4.69) is 12.4 Å². The van der Waals surface area contributed by atoms with Crippen molar-refractivity contribution < 1.29 is 4.39 Å². The van der Waals surface area contributed by atoms with Crippen molar-refractivity contribution in [2.45, 2.75) is 32.2 Å². The summed E-state index contributed by atoms with van der Waals surface area (Å²) >= 11 is 0. The minimum absolute atomic E-state index is 0.118. The topological polar surface area (TPSA) is 12.0 Å². The van der Waals surface area contributed by atoms with Crippen molar-refractivity contribution in [2.75, 3.05) is 7.05 Å². The fourth-order valence-corrected chi connectivity index (χ4v) is 5.38. The molecular weight excluding hydrogens is 237 g/mol. The molecule has 0 spiro atoms. The first kappa shape index (κ1) is 11.9. The highest BCUT2D eigenvalue weighted by Crippen LogP contribution is 2.72. The van der Waals surface area contributed by atoms with Gasteiger partial charge in [0.2, 0.25) is 0 Å². The van der Waals surface area contributed by atoms with Crippen LogP contribution in [-0.4, -0.2) is 7.05 Å². The molecule has 2 heteroatoms. The lowest BCUT2D eigenvalue weighted by Crippen LogP contribution is -2.22. The Labute approximate surface area is 114 Å². The van der Waals surface area contributed by atoms with Gasteiger partial charge in [-0.25, -0.2) is 4.39 Å². The van der Waals surface area contributed by atoms with Crippen LogP contribution in [0.1, 0.15) is 36.4 Å². The molecule has 5 unspecified atom stereocenters. The SMILES string of the molecule is CNC(c1ccc(F)cc1C)C1C2C3CCC(C3)C21. The van der Waals surface area contributed by atoms with Gasteiger partial charge in [0.25, 0.3) is 0 Å². The van der Waals surface area contributed by atoms with Gasteiger partial charge < -0.3 is 5.32 Å². The average Bonchev–Trinajstić information content (AvgIpc) is 2.80. The molecule has 1 aromatic rings. The van der Waals surface area contributed by atoms with Gasteiger partial charge in [0, 0.05) is 6.04 Å². The van der Waals surface area contributed by atoms with Gasteiger partial charge in [-0.1, -0.05) is 6.07 Å². The Kier molecular flexibility index (Phi) is 2.54. The van der Waals surface area contributed by atoms with E-state index in [4.69, 9.17) is 0 Å². The van der Waals surface area contributed by atoms with Crippen LogP contribution >= 0.6 is 0 Å². The largest absolute Gasteiger partial charge is 0.313 e. The summed E-state index contributed by atoms with van der Waals surface area (Å²) in [6.45, 7) is 2.04. The van der Waals surface area contributed by atoms with Gasteiger partial charge in [0.05, 0.1) is 0 Å². The molecule has 0 aliphatic heterocycles. The number of hydrogen-bond acceptors (Lipinski definition) is 1. The van der Waals surface area contributed by atoms with Gasteiger partial charge in [-0.2, -0.15) is 0 Å². The second-order valence-electron chi connectivity index (χ2n) is 6.83. The van der Waals surface area contributed by atoms with Crippen LogP contribution in [0.2, 0.25) is 0 Å². The third kappa shape index (κ3) is 1.62. The van der Waals surface area contributed by atoms with Gasteiger partial charge in [0.15, 0.2) is 0 Å². The minimum atomic E-state index is -0.118. The number of aryl methyl sites for hydroxylation is 1. The Morgan fingerprint density at radius 2 is 1.89 bits per heavy atom. The zero-order chi connectivity index (χ0) is 13.1. The summed E-state index contributed by atoms with van der Waals surface area (Å²) < 4.78 is 13.3. The third-order valence-electron chi connectivity index (χ3n) is 6.06. The first-order chi connectivity index (χ1) is 9.20. The van der Waals surface area contributed by atoms with Crippen LogP contribution in [0.4, 0.5) is 4.39 Å². The molecule has 4 rings (SSSR count). The van der Waals surface area contributed by atoms with Crippen molar-refractivity contribution >= 4 is 0 Å². The normalized spacial score (nSPS) is 40.3. The standard InChI is InChI=1S/C17H22FN/c1-9-7-12(18)5-6-13(9)17(19-2)16-14-10-3-4-11(8-10)15(14)16/h5-7,10-11,14-17,19H,3-4,8H2,1-2H3. The quantitative estimate of drug-likeness (QED) is 0.873. The maximum absolute atomic E-state index is 13.3. The molecular formula is C17H22FN. The molecule has 3 aliphatic rings. The Morgan fingerprint density at radius 3 is 2.47 bits per heavy atom. The summed E-state index contributed by atoms with van der Waals surface area (Å²) in [7, 11) is 2.06. The van der Waals surface area contributed by atoms with E-state index in [1.807, 2.05) is 13.0 Å². The Balaban J connectivity index is 1.63. The van der Waals surface area contributed by atoms with Crippen molar-refractivity contribution in [1.29, 1.82) is 0 Å². The zero-order valence-corrected chi connectivity index (χ0v) is 11.7. The van der Waals surface area contributed by atoms with E-state index in [1.54, 1.807) is 12.1 Å². The van der Waals surface area contributed by atoms with Gasteiger partial charge in [0.1, 0.15) is 5.82 Å². The van der Waals surface area contributed by atoms with Crippen LogP contribution < -0.4 is 5.32 Å². The molecule has 3 aliphatic carbocycles. The van der Waals surface area contributed by atoms with Crippen molar-refractivity contribution in [2.24, 2.45) is 29.6 Å². The predicted octanol–water partition coefficient (Wildman–Crippen LogP) is 3.69. The summed E-state index contributed by atoms with van der Waals surface area (Å²) in [6.07, 6.45) is 4.41. The smallest absolute Gasteiger partial charge is 0.123 e. The second kappa shape index (κ2) is 4.05. The molecule has 0 amide bonds. The van der Waals surface area contributed by atoms with E-state index in [-0.39, 0.29) is 5.82 Å². The van der Waals surface area contributed by atoms with Crippen molar-refractivity contribution in [3.63, 3.8) is 0 Å². The Hall–Kier alpha value is -0.890. The molecule has 19 heavy (non-hydrogen) atoms. The Bertz CT molecular complexity index is 496. The summed E-state index contributed by atoms with van der Waals surface area (Å²) in [6, 6.07) is 5.70. The molecule has 2 bridgehead atoms. The number of rotatable bonds is 3. The monoisotopic (exact) mass is 259 g/mol. The van der Waals surface area contributed by atoms with Crippen LogP contribution in [0.5, 0.6) is 0 Å². The predicted molar refractivity (Wildman–Crippen MR) is 74.2 cm³/mol. The number of hydrogen-bond donors (Lipinski definition) is 1. The molecule has 3 fully saturated rings. The lowest BCUT2D eigenvalue weighted by molar-refractivity contribution is 0.384. The number of fused-ring (bicyclic) bond motifs is 5. The van der Waals surface area contributed by atoms with Crippen LogP contribution in [0.15, 0.2) is 18.2 Å². The highest BCUT2D eigenvalue weighted by atomic mass is 19.1. The zero-order valence-electron chi connectivity index (χ0n) is 11.7. The lowest BCUT2D eigenvalue weighted by Gasteiger charge is -2.22. The van der Waals surface area contributed by atoms with Crippen LogP contribution in [0, 0.1) is 42.3 Å². The van der Waals surface area contributed by atoms with Gasteiger partial charge >= 0.3 is 0 Å². The van der Waals surface area contributed by atoms with E-state index in [1.165, 1.54) is 24.8 Å². The van der Waals surface area contributed by atoms with E-state index in [0.717, 1.165) is 35.2 Å². The molecule has 0 heterocycles. The average molecular weight is 259 g/mol. The number of benzene rings is 1. The number of nitrogens with one attached hydrogen (secondary N) is 1. The highest BCUT2D eigenvalue weighted by molar-refractivity contribution is 5.33. The minimum Gasteiger partial charge on any atom is -0.313 e. The van der Waals surface area contributed by atoms with Crippen LogP contribution in [-0.2, 0) is 0 Å². The molecule has 102 valence electrons. The molecule has 1 N–H and O–H groups in total. The van der Waals surface area contributed by atoms with Gasteiger partial charge in [-0.15, -0.1) is 0 Å². The number of halogens is 1. The summed E-state index contributed by atoms with van der Waals surface area (Å²) in [5.74, 6) is 4.60. The van der Waals surface area contributed by atoms with E-state index < -0.39 is 0 Å². The fourth-order valence-electron chi connectivity index (χ4n) is 5.38. The van der Waals surface area contributed by atoms with E-state index in [9.17, 15) is 4.39 Å². The molecule has 0 aromatic heterocycles. The van der Waals surface area contributed by atoms with Crippen molar-refractivity contribution in [1.82, 2.24) is 5.32 Å². The first-order valence-corrected chi connectivity index (χ1v) is 7.64. The summed E-state index contributed by atoms with van der Waals surface area (Å²) in [5.41, 5.74) is 2.40. The molecule has 5 atom stereocenters. The highest BCUT2D eigenvalue weighted by Gasteiger charge is 2.66. The summed E-state index contributed by atoms with van der Waals surface area (Å²) in [4.78, 5) is 0. The first-order valence-electron chi connectivity index (χ1n) is 7.64. The molecule has 0 radical (unpaired) electrons. The third-order valence-corrected chi connectivity index (χ3v) is 6.06. The maximum atomic E-state index is 13.3. The van der Waals surface area contributed by atoms with Gasteiger partial charge in [-0.3, -0.25) is 0 Å². The van der Waals surface area contributed by atoms with Crippen molar-refractivity contribution in [3.05, 3.63) is 35.1 Å². The van der Waals surface area contributed by atoms with Crippen LogP contribution in [0.3, 0.4) is 0 Å². The van der Waals surface area contributed by atoms with Gasteiger partial charge in [-0.05, 0) is 86.1 Å².